The van der Waals surface area contributed by atoms with Crippen LogP contribution in [0.5, 0.6) is 0 Å². The fourth-order valence-electron chi connectivity index (χ4n) is 2.18. The number of carboxylic acid groups (broad SMARTS) is 1. The molecule has 0 spiro atoms. The van der Waals surface area contributed by atoms with Crippen LogP contribution in [0.4, 0.5) is 0 Å². The molecular formula is C14H12N2O2. The molecule has 0 radical (unpaired) electrons. The van der Waals surface area contributed by atoms with E-state index in [1.807, 2.05) is 30.3 Å². The molecule has 2 aromatic heterocycles. The van der Waals surface area contributed by atoms with Crippen LogP contribution in [0.1, 0.15) is 12.0 Å². The minimum absolute atomic E-state index is 0.159. The highest BCUT2D eigenvalue weighted by Gasteiger charge is 2.06. The Morgan fingerprint density at radius 1 is 1.28 bits per heavy atom. The highest BCUT2D eigenvalue weighted by molar-refractivity contribution is 6.05. The molecule has 0 fully saturated rings. The summed E-state index contributed by atoms with van der Waals surface area (Å²) in [4.78, 5) is 18.1. The number of carbonyl (C=O) groups is 1. The molecule has 4 nitrogen and oxygen atoms in total. The summed E-state index contributed by atoms with van der Waals surface area (Å²) in [6, 6.07) is 9.90. The van der Waals surface area contributed by atoms with Gasteiger partial charge in [0.1, 0.15) is 5.65 Å². The zero-order chi connectivity index (χ0) is 12.5. The number of fused-ring (bicyclic) bond motifs is 3. The van der Waals surface area contributed by atoms with Crippen molar-refractivity contribution in [2.24, 2.45) is 0 Å². The van der Waals surface area contributed by atoms with E-state index >= 15 is 0 Å². The zero-order valence-electron chi connectivity index (χ0n) is 9.68. The smallest absolute Gasteiger partial charge is 0.303 e. The first-order valence-corrected chi connectivity index (χ1v) is 5.81. The molecule has 0 saturated carbocycles. The van der Waals surface area contributed by atoms with Crippen LogP contribution < -0.4 is 0 Å². The number of nitrogens with one attached hydrogen (secondary N) is 1. The topological polar surface area (TPSA) is 66.0 Å². The number of hydrogen-bond donors (Lipinski definition) is 2. The average Bonchev–Trinajstić information content (AvgIpc) is 2.74. The minimum Gasteiger partial charge on any atom is -0.481 e. The molecule has 2 heterocycles. The standard InChI is InChI=1S/C14H12N2O2/c17-13(18)6-4-9-3-5-12-11(8-9)10-2-1-7-15-14(10)16-12/h1-3,5,7-8H,4,6H2,(H,15,16)(H,17,18). The summed E-state index contributed by atoms with van der Waals surface area (Å²) in [7, 11) is 0. The molecule has 0 saturated heterocycles. The van der Waals surface area contributed by atoms with Gasteiger partial charge in [-0.1, -0.05) is 6.07 Å². The van der Waals surface area contributed by atoms with Gasteiger partial charge in [-0.25, -0.2) is 4.98 Å². The number of benzene rings is 1. The van der Waals surface area contributed by atoms with Crippen LogP contribution in [-0.2, 0) is 11.2 Å². The van der Waals surface area contributed by atoms with Crippen molar-refractivity contribution >= 4 is 27.9 Å². The molecule has 90 valence electrons. The molecule has 0 aliphatic carbocycles. The molecule has 0 aliphatic heterocycles. The van der Waals surface area contributed by atoms with Gasteiger partial charge in [0.15, 0.2) is 0 Å². The monoisotopic (exact) mass is 240 g/mol. The van der Waals surface area contributed by atoms with Gasteiger partial charge in [0, 0.05) is 28.9 Å². The Balaban J connectivity index is 2.09. The molecular weight excluding hydrogens is 228 g/mol. The largest absolute Gasteiger partial charge is 0.481 e. The number of aromatic nitrogens is 2. The van der Waals surface area contributed by atoms with Crippen molar-refractivity contribution < 1.29 is 9.90 Å². The lowest BCUT2D eigenvalue weighted by Gasteiger charge is -1.99. The molecule has 0 bridgehead atoms. The number of rotatable bonds is 3. The van der Waals surface area contributed by atoms with Crippen LogP contribution in [0.3, 0.4) is 0 Å². The molecule has 3 aromatic rings. The van der Waals surface area contributed by atoms with Gasteiger partial charge in [-0.15, -0.1) is 0 Å². The Morgan fingerprint density at radius 2 is 2.17 bits per heavy atom. The van der Waals surface area contributed by atoms with Gasteiger partial charge in [0.25, 0.3) is 0 Å². The van der Waals surface area contributed by atoms with Crippen LogP contribution in [0.15, 0.2) is 36.5 Å². The number of hydrogen-bond acceptors (Lipinski definition) is 2. The Kier molecular flexibility index (Phi) is 2.48. The van der Waals surface area contributed by atoms with Gasteiger partial charge >= 0.3 is 5.97 Å². The molecule has 0 atom stereocenters. The van der Waals surface area contributed by atoms with Gasteiger partial charge in [0.2, 0.25) is 0 Å². The van der Waals surface area contributed by atoms with Gasteiger partial charge in [-0.2, -0.15) is 0 Å². The van der Waals surface area contributed by atoms with Gasteiger partial charge < -0.3 is 10.1 Å². The second kappa shape index (κ2) is 4.14. The number of aliphatic carboxylic acids is 1. The van der Waals surface area contributed by atoms with E-state index in [2.05, 4.69) is 9.97 Å². The zero-order valence-corrected chi connectivity index (χ0v) is 9.68. The summed E-state index contributed by atoms with van der Waals surface area (Å²) in [5, 5.41) is 10.9. The summed E-state index contributed by atoms with van der Waals surface area (Å²) in [6.07, 6.45) is 2.47. The van der Waals surface area contributed by atoms with Gasteiger partial charge in [-0.3, -0.25) is 4.79 Å². The Labute approximate surface area is 103 Å². The first kappa shape index (κ1) is 10.8. The van der Waals surface area contributed by atoms with Crippen LogP contribution in [-0.4, -0.2) is 21.0 Å². The third-order valence-electron chi connectivity index (χ3n) is 3.06. The number of carboxylic acids is 1. The second-order valence-corrected chi connectivity index (χ2v) is 4.30. The van der Waals surface area contributed by atoms with E-state index in [1.54, 1.807) is 6.20 Å². The highest BCUT2D eigenvalue weighted by atomic mass is 16.4. The van der Waals surface area contributed by atoms with Crippen LogP contribution >= 0.6 is 0 Å². The van der Waals surface area contributed by atoms with Gasteiger partial charge in [0.05, 0.1) is 0 Å². The third kappa shape index (κ3) is 1.82. The lowest BCUT2D eigenvalue weighted by atomic mass is 10.1. The lowest BCUT2D eigenvalue weighted by Crippen LogP contribution is -1.97. The van der Waals surface area contributed by atoms with Crippen LogP contribution in [0.25, 0.3) is 21.9 Å². The molecule has 0 aliphatic rings. The quantitative estimate of drug-likeness (QED) is 0.739. The van der Waals surface area contributed by atoms with E-state index in [0.29, 0.717) is 6.42 Å². The van der Waals surface area contributed by atoms with E-state index < -0.39 is 5.97 Å². The Hall–Kier alpha value is -2.36. The van der Waals surface area contributed by atoms with E-state index in [1.165, 1.54) is 0 Å². The molecule has 1 aromatic carbocycles. The molecule has 0 unspecified atom stereocenters. The molecule has 4 heteroatoms. The normalized spacial score (nSPS) is 11.1. The van der Waals surface area contributed by atoms with E-state index in [4.69, 9.17) is 5.11 Å². The van der Waals surface area contributed by atoms with Crippen molar-refractivity contribution in [3.8, 4) is 0 Å². The summed E-state index contributed by atoms with van der Waals surface area (Å²) in [5.74, 6) is -0.768. The SMILES string of the molecule is O=C(O)CCc1ccc2[nH]c3ncccc3c2c1. The fourth-order valence-corrected chi connectivity index (χ4v) is 2.18. The summed E-state index contributed by atoms with van der Waals surface area (Å²) in [5.41, 5.74) is 2.93. The van der Waals surface area contributed by atoms with Crippen molar-refractivity contribution in [3.63, 3.8) is 0 Å². The number of nitrogens with zero attached hydrogens (tertiary/aromatic N) is 1. The third-order valence-corrected chi connectivity index (χ3v) is 3.06. The predicted octanol–water partition coefficient (Wildman–Crippen LogP) is 2.73. The van der Waals surface area contributed by atoms with Crippen molar-refractivity contribution in [1.29, 1.82) is 0 Å². The maximum Gasteiger partial charge on any atom is 0.303 e. The van der Waals surface area contributed by atoms with Crippen LogP contribution in [0, 0.1) is 0 Å². The van der Waals surface area contributed by atoms with Crippen molar-refractivity contribution in [1.82, 2.24) is 9.97 Å². The molecule has 3 rings (SSSR count). The lowest BCUT2D eigenvalue weighted by molar-refractivity contribution is -0.136. The van der Waals surface area contributed by atoms with Crippen molar-refractivity contribution in [2.75, 3.05) is 0 Å². The molecule has 0 amide bonds. The summed E-state index contributed by atoms with van der Waals surface area (Å²) < 4.78 is 0. The second-order valence-electron chi connectivity index (χ2n) is 4.30. The Morgan fingerprint density at radius 3 is 3.00 bits per heavy atom. The number of H-pyrrole nitrogens is 1. The summed E-state index contributed by atoms with van der Waals surface area (Å²) >= 11 is 0. The first-order chi connectivity index (χ1) is 8.74. The fraction of sp³-hybridized carbons (Fsp3) is 0.143. The van der Waals surface area contributed by atoms with Crippen LogP contribution in [0.2, 0.25) is 0 Å². The van der Waals surface area contributed by atoms with E-state index in [-0.39, 0.29) is 6.42 Å². The number of pyridine rings is 1. The number of aryl methyl sites for hydroxylation is 1. The number of aromatic amines is 1. The first-order valence-electron chi connectivity index (χ1n) is 5.81. The van der Waals surface area contributed by atoms with Crippen molar-refractivity contribution in [3.05, 3.63) is 42.1 Å². The molecule has 18 heavy (non-hydrogen) atoms. The van der Waals surface area contributed by atoms with E-state index in [0.717, 1.165) is 27.5 Å². The Bertz CT molecular complexity index is 731. The average molecular weight is 240 g/mol. The van der Waals surface area contributed by atoms with Gasteiger partial charge in [-0.05, 0) is 36.2 Å². The summed E-state index contributed by atoms with van der Waals surface area (Å²) in [6.45, 7) is 0. The highest BCUT2D eigenvalue weighted by Crippen LogP contribution is 2.25. The predicted molar refractivity (Wildman–Crippen MR) is 69.6 cm³/mol. The van der Waals surface area contributed by atoms with E-state index in [9.17, 15) is 4.79 Å². The van der Waals surface area contributed by atoms with Crippen molar-refractivity contribution in [2.45, 2.75) is 12.8 Å². The minimum atomic E-state index is -0.768. The molecule has 2 N–H and O–H groups in total. The maximum absolute atomic E-state index is 10.6. The maximum atomic E-state index is 10.6.